The molecule has 8 heteroatoms. The van der Waals surface area contributed by atoms with Crippen molar-refractivity contribution in [3.63, 3.8) is 0 Å². The number of halogens is 1. The van der Waals surface area contributed by atoms with Crippen molar-refractivity contribution >= 4 is 0 Å². The van der Waals surface area contributed by atoms with Crippen LogP contribution in [-0.4, -0.2) is 34.9 Å². The van der Waals surface area contributed by atoms with E-state index in [1.807, 2.05) is 0 Å². The molecule has 2 atom stereocenters. The third-order valence-corrected chi connectivity index (χ3v) is 3.69. The molecule has 0 amide bonds. The van der Waals surface area contributed by atoms with E-state index in [9.17, 15) is 9.50 Å². The Labute approximate surface area is 126 Å². The van der Waals surface area contributed by atoms with E-state index in [1.54, 1.807) is 19.1 Å². The van der Waals surface area contributed by atoms with E-state index in [0.717, 1.165) is 0 Å². The second kappa shape index (κ2) is 5.64. The first kappa shape index (κ1) is 14.3. The molecule has 3 aromatic rings. The summed E-state index contributed by atoms with van der Waals surface area (Å²) in [6.07, 6.45) is 5.98. The lowest BCUT2D eigenvalue weighted by atomic mass is 9.87. The summed E-state index contributed by atoms with van der Waals surface area (Å²) in [5, 5.41) is 23.5. The molecule has 0 aliphatic carbocycles. The second-order valence-electron chi connectivity index (χ2n) is 5.05. The van der Waals surface area contributed by atoms with Gasteiger partial charge in [-0.15, -0.1) is 0 Å². The molecule has 22 heavy (non-hydrogen) atoms. The molecule has 0 spiro atoms. The highest BCUT2D eigenvalue weighted by Crippen LogP contribution is 2.34. The van der Waals surface area contributed by atoms with Gasteiger partial charge in [0, 0.05) is 0 Å². The van der Waals surface area contributed by atoms with Crippen LogP contribution in [0.25, 0.3) is 0 Å². The Morgan fingerprint density at radius 3 is 2.45 bits per heavy atom. The van der Waals surface area contributed by atoms with Crippen molar-refractivity contribution < 1.29 is 9.50 Å². The van der Waals surface area contributed by atoms with E-state index in [-0.39, 0.29) is 12.4 Å². The van der Waals surface area contributed by atoms with Crippen LogP contribution in [0.5, 0.6) is 0 Å². The fourth-order valence-electron chi connectivity index (χ4n) is 2.38. The predicted octanol–water partition coefficient (Wildman–Crippen LogP) is 1.16. The number of hydrogen-bond acceptors (Lipinski definition) is 5. The van der Waals surface area contributed by atoms with Crippen molar-refractivity contribution in [3.05, 3.63) is 60.7 Å². The van der Waals surface area contributed by atoms with Gasteiger partial charge in [0.2, 0.25) is 0 Å². The Morgan fingerprint density at radius 1 is 1.18 bits per heavy atom. The Kier molecular flexibility index (Phi) is 3.68. The number of aromatic nitrogens is 6. The van der Waals surface area contributed by atoms with Crippen molar-refractivity contribution in [3.8, 4) is 0 Å². The smallest absolute Gasteiger partial charge is 0.137 e. The fourth-order valence-corrected chi connectivity index (χ4v) is 2.38. The summed E-state index contributed by atoms with van der Waals surface area (Å²) in [6, 6.07) is 5.23. The minimum atomic E-state index is -1.37. The summed E-state index contributed by atoms with van der Waals surface area (Å²) >= 11 is 0. The lowest BCUT2D eigenvalue weighted by Gasteiger charge is -2.33. The SMILES string of the molecule is C[C@@H](n1nccn1)[C@](O)(Cn1cncn1)c1ccc(F)cc1. The highest BCUT2D eigenvalue weighted by atomic mass is 19.1. The molecule has 3 rings (SSSR count). The molecule has 1 aromatic carbocycles. The molecule has 0 bridgehead atoms. The van der Waals surface area contributed by atoms with E-state index in [2.05, 4.69) is 20.3 Å². The molecular formula is C14H15FN6O. The first-order valence-electron chi connectivity index (χ1n) is 6.76. The lowest BCUT2D eigenvalue weighted by molar-refractivity contribution is -0.0385. The normalized spacial score (nSPS) is 15.4. The van der Waals surface area contributed by atoms with Crippen LogP contribution in [-0.2, 0) is 12.1 Å². The van der Waals surface area contributed by atoms with Crippen molar-refractivity contribution in [2.45, 2.75) is 25.1 Å². The number of benzene rings is 1. The number of nitrogens with zero attached hydrogens (tertiary/aromatic N) is 6. The van der Waals surface area contributed by atoms with Gasteiger partial charge in [-0.2, -0.15) is 20.1 Å². The van der Waals surface area contributed by atoms with Gasteiger partial charge in [-0.25, -0.2) is 14.1 Å². The average molecular weight is 302 g/mol. The van der Waals surface area contributed by atoms with Crippen molar-refractivity contribution in [1.29, 1.82) is 0 Å². The van der Waals surface area contributed by atoms with E-state index in [4.69, 9.17) is 0 Å². The van der Waals surface area contributed by atoms with Gasteiger partial charge in [0.05, 0.1) is 18.9 Å². The maximum absolute atomic E-state index is 13.2. The Morgan fingerprint density at radius 2 is 1.86 bits per heavy atom. The predicted molar refractivity (Wildman–Crippen MR) is 75.1 cm³/mol. The lowest BCUT2D eigenvalue weighted by Crippen LogP contribution is -2.40. The van der Waals surface area contributed by atoms with Gasteiger partial charge in [0.15, 0.2) is 0 Å². The van der Waals surface area contributed by atoms with Gasteiger partial charge >= 0.3 is 0 Å². The minimum Gasteiger partial charge on any atom is -0.381 e. The number of rotatable bonds is 5. The van der Waals surface area contributed by atoms with Crippen LogP contribution in [0.3, 0.4) is 0 Å². The third kappa shape index (κ3) is 2.60. The molecule has 0 fully saturated rings. The van der Waals surface area contributed by atoms with Crippen LogP contribution in [0.1, 0.15) is 18.5 Å². The maximum Gasteiger partial charge on any atom is 0.137 e. The summed E-state index contributed by atoms with van der Waals surface area (Å²) in [6.45, 7) is 1.93. The first-order chi connectivity index (χ1) is 10.6. The summed E-state index contributed by atoms with van der Waals surface area (Å²) in [4.78, 5) is 5.30. The fraction of sp³-hybridized carbons (Fsp3) is 0.286. The molecule has 7 nitrogen and oxygen atoms in total. The van der Waals surface area contributed by atoms with Gasteiger partial charge in [-0.3, -0.25) is 0 Å². The van der Waals surface area contributed by atoms with E-state index in [0.29, 0.717) is 5.56 Å². The molecule has 0 unspecified atom stereocenters. The average Bonchev–Trinajstić information content (AvgIpc) is 3.20. The van der Waals surface area contributed by atoms with Crippen LogP contribution in [0.15, 0.2) is 49.3 Å². The zero-order chi connectivity index (χ0) is 15.6. The van der Waals surface area contributed by atoms with Crippen LogP contribution in [0, 0.1) is 5.82 Å². The first-order valence-corrected chi connectivity index (χ1v) is 6.76. The Hall–Kier alpha value is -2.61. The van der Waals surface area contributed by atoms with E-state index in [1.165, 1.54) is 46.7 Å². The summed E-state index contributed by atoms with van der Waals surface area (Å²) in [5.74, 6) is -0.364. The second-order valence-corrected chi connectivity index (χ2v) is 5.05. The van der Waals surface area contributed by atoms with Gasteiger partial charge in [-0.05, 0) is 24.6 Å². The molecule has 114 valence electrons. The molecule has 0 aliphatic heterocycles. The highest BCUT2D eigenvalue weighted by Gasteiger charge is 2.39. The topological polar surface area (TPSA) is 81.6 Å². The number of aliphatic hydroxyl groups is 1. The molecule has 2 heterocycles. The molecule has 2 aromatic heterocycles. The van der Waals surface area contributed by atoms with Gasteiger partial charge in [-0.1, -0.05) is 12.1 Å². The zero-order valence-corrected chi connectivity index (χ0v) is 11.9. The van der Waals surface area contributed by atoms with E-state index < -0.39 is 11.6 Å². The Bertz CT molecular complexity index is 712. The monoisotopic (exact) mass is 302 g/mol. The molecule has 1 N–H and O–H groups in total. The molecular weight excluding hydrogens is 287 g/mol. The summed E-state index contributed by atoms with van der Waals surface area (Å²) in [5.41, 5.74) is -0.824. The standard InChI is InChI=1S/C14H15FN6O/c1-11(21-17-6-7-18-21)14(22,8-20-10-16-9-19-20)12-2-4-13(15)5-3-12/h2-7,9-11,22H,8H2,1H3/t11-,14-/m1/s1. The van der Waals surface area contributed by atoms with Crippen LogP contribution in [0.4, 0.5) is 4.39 Å². The summed E-state index contributed by atoms with van der Waals surface area (Å²) in [7, 11) is 0. The molecule has 0 saturated carbocycles. The molecule has 0 aliphatic rings. The third-order valence-electron chi connectivity index (χ3n) is 3.69. The van der Waals surface area contributed by atoms with Crippen molar-refractivity contribution in [2.75, 3.05) is 0 Å². The highest BCUT2D eigenvalue weighted by molar-refractivity contribution is 5.24. The maximum atomic E-state index is 13.2. The van der Waals surface area contributed by atoms with Gasteiger partial charge < -0.3 is 5.11 Å². The van der Waals surface area contributed by atoms with Crippen LogP contribution >= 0.6 is 0 Å². The van der Waals surface area contributed by atoms with E-state index >= 15 is 0 Å². The largest absolute Gasteiger partial charge is 0.381 e. The quantitative estimate of drug-likeness (QED) is 0.765. The van der Waals surface area contributed by atoms with Crippen molar-refractivity contribution in [2.24, 2.45) is 0 Å². The minimum absolute atomic E-state index is 0.140. The number of hydrogen-bond donors (Lipinski definition) is 1. The van der Waals surface area contributed by atoms with Gasteiger partial charge in [0.1, 0.15) is 30.1 Å². The molecule has 0 saturated heterocycles. The zero-order valence-electron chi connectivity index (χ0n) is 11.9. The summed E-state index contributed by atoms with van der Waals surface area (Å²) < 4.78 is 14.7. The van der Waals surface area contributed by atoms with Gasteiger partial charge in [0.25, 0.3) is 0 Å². The Balaban J connectivity index is 2.02. The molecule has 0 radical (unpaired) electrons. The van der Waals surface area contributed by atoms with Crippen molar-refractivity contribution in [1.82, 2.24) is 29.8 Å². The van der Waals surface area contributed by atoms with Crippen LogP contribution < -0.4 is 0 Å². The van der Waals surface area contributed by atoms with Crippen LogP contribution in [0.2, 0.25) is 0 Å².